The number of hydrogen-bond donors (Lipinski definition) is 1. The molecule has 2 rings (SSSR count). The Balaban J connectivity index is 1.77. The molecule has 0 aliphatic heterocycles. The summed E-state index contributed by atoms with van der Waals surface area (Å²) in [7, 11) is 1.67. The van der Waals surface area contributed by atoms with E-state index in [1.807, 2.05) is 12.1 Å². The Bertz CT molecular complexity index is 570. The number of carbonyl (C=O) groups is 1. The van der Waals surface area contributed by atoms with Gasteiger partial charge in [0.1, 0.15) is 5.75 Å². The zero-order chi connectivity index (χ0) is 17.4. The Morgan fingerprint density at radius 1 is 1.25 bits per heavy atom. The third-order valence-electron chi connectivity index (χ3n) is 4.75. The van der Waals surface area contributed by atoms with Gasteiger partial charge in [-0.15, -0.1) is 0 Å². The molecule has 0 saturated carbocycles. The molecule has 5 heteroatoms. The van der Waals surface area contributed by atoms with Gasteiger partial charge in [0, 0.05) is 34.5 Å². The molecule has 1 unspecified atom stereocenters. The molecule has 0 saturated heterocycles. The topological polar surface area (TPSA) is 66.6 Å². The van der Waals surface area contributed by atoms with Crippen LogP contribution in [0, 0.1) is 4.91 Å². The largest absolute Gasteiger partial charge is 0.497 e. The van der Waals surface area contributed by atoms with Crippen LogP contribution < -0.4 is 4.74 Å². The molecule has 1 atom stereocenters. The second kappa shape index (κ2) is 9.40. The number of carboxylic acid groups (broad SMARTS) is 1. The van der Waals surface area contributed by atoms with Crippen LogP contribution in [0.5, 0.6) is 5.75 Å². The van der Waals surface area contributed by atoms with Gasteiger partial charge in [-0.1, -0.05) is 12.8 Å². The lowest BCUT2D eigenvalue weighted by Crippen LogP contribution is -2.22. The number of rotatable bonds is 10. The van der Waals surface area contributed by atoms with E-state index in [1.165, 1.54) is 10.3 Å². The average molecular weight is 334 g/mol. The summed E-state index contributed by atoms with van der Waals surface area (Å²) in [6.45, 7) is 0.551. The van der Waals surface area contributed by atoms with Crippen molar-refractivity contribution >= 4 is 5.97 Å². The third kappa shape index (κ3) is 5.32. The van der Waals surface area contributed by atoms with E-state index >= 15 is 0 Å². The summed E-state index contributed by atoms with van der Waals surface area (Å²) in [5, 5.41) is 8.59. The number of nitroso groups, excluding NO2 is 1. The molecular weight excluding hydrogens is 306 g/mol. The number of nitrogens with zero attached hydrogens (tertiary/aromatic N) is 1. The number of unbranched alkanes of at least 4 members (excludes halogenated alkanes) is 4. The number of benzene rings is 1. The molecule has 132 valence electrons. The molecule has 1 aromatic rings. The maximum atomic E-state index is 12.5. The normalized spacial score (nSPS) is 16.5. The van der Waals surface area contributed by atoms with Gasteiger partial charge in [-0.25, -0.2) is 0 Å². The van der Waals surface area contributed by atoms with Crippen molar-refractivity contribution in [3.63, 3.8) is 0 Å². The van der Waals surface area contributed by atoms with Crippen LogP contribution in [0.3, 0.4) is 0 Å². The number of hydrogen-bond acceptors (Lipinski definition) is 3. The molecule has 0 bridgehead atoms. The number of carboxylic acids is 1. The maximum absolute atomic E-state index is 12.5. The molecule has 5 nitrogen and oxygen atoms in total. The van der Waals surface area contributed by atoms with Crippen molar-refractivity contribution in [3.8, 4) is 5.75 Å². The zero-order valence-electron chi connectivity index (χ0n) is 14.5. The van der Waals surface area contributed by atoms with E-state index in [4.69, 9.17) is 9.84 Å². The molecule has 0 amide bonds. The monoisotopic (exact) mass is 334 g/mol. The van der Waals surface area contributed by atoms with Gasteiger partial charge in [0.2, 0.25) is 6.04 Å². The number of ether oxygens (including phenoxy) is 1. The van der Waals surface area contributed by atoms with E-state index in [0.717, 1.165) is 62.7 Å². The highest BCUT2D eigenvalue weighted by Crippen LogP contribution is 2.34. The van der Waals surface area contributed by atoms with Crippen molar-refractivity contribution in [2.24, 2.45) is 0 Å². The molecule has 1 aromatic carbocycles. The van der Waals surface area contributed by atoms with Gasteiger partial charge in [-0.3, -0.25) is 4.79 Å². The fraction of sp³-hybridized carbons (Fsp3) is 0.632. The van der Waals surface area contributed by atoms with Gasteiger partial charge in [-0.05, 0) is 49.4 Å². The van der Waals surface area contributed by atoms with Crippen LogP contribution in [0.2, 0.25) is 0 Å². The number of methoxy groups -OCH3 is 1. The first-order valence-corrected chi connectivity index (χ1v) is 8.94. The predicted molar refractivity (Wildman–Crippen MR) is 92.5 cm³/mol. The molecule has 0 heterocycles. The van der Waals surface area contributed by atoms with Crippen molar-refractivity contribution in [1.29, 1.82) is 0 Å². The SMILES string of the molecule is COc1ccc2c(c1)CCCC2[N+](=O)CCCCCCCC(=O)O. The summed E-state index contributed by atoms with van der Waals surface area (Å²) >= 11 is 0. The van der Waals surface area contributed by atoms with Gasteiger partial charge in [-0.2, -0.15) is 0 Å². The minimum Gasteiger partial charge on any atom is -0.497 e. The van der Waals surface area contributed by atoms with Gasteiger partial charge in [0.15, 0.2) is 6.54 Å². The van der Waals surface area contributed by atoms with Crippen LogP contribution in [0.1, 0.15) is 68.5 Å². The number of aliphatic carboxylic acids is 1. The fourth-order valence-electron chi connectivity index (χ4n) is 3.42. The summed E-state index contributed by atoms with van der Waals surface area (Å²) in [4.78, 5) is 22.9. The molecule has 24 heavy (non-hydrogen) atoms. The van der Waals surface area contributed by atoms with Crippen LogP contribution in [-0.4, -0.2) is 29.5 Å². The number of fused-ring (bicyclic) bond motifs is 1. The standard InChI is InChI=1S/C19H27NO4/c1-24-16-11-12-17-15(14-16)8-7-9-18(17)20(23)13-6-4-2-3-5-10-19(21)22/h11-12,14,18H,2-10,13H2,1H3/p+1. The first-order valence-electron chi connectivity index (χ1n) is 8.94. The summed E-state index contributed by atoms with van der Waals surface area (Å²) < 4.78 is 6.51. The Kier molecular flexibility index (Phi) is 7.22. The van der Waals surface area contributed by atoms with E-state index in [1.54, 1.807) is 7.11 Å². The molecular formula is C19H28NO4+. The minimum absolute atomic E-state index is 0.0355. The summed E-state index contributed by atoms with van der Waals surface area (Å²) in [5.74, 6) is 0.126. The highest BCUT2D eigenvalue weighted by molar-refractivity contribution is 5.66. The van der Waals surface area contributed by atoms with Crippen molar-refractivity contribution in [2.45, 2.75) is 63.8 Å². The van der Waals surface area contributed by atoms with Crippen LogP contribution in [-0.2, 0) is 11.2 Å². The van der Waals surface area contributed by atoms with Crippen LogP contribution in [0.15, 0.2) is 18.2 Å². The fourth-order valence-corrected chi connectivity index (χ4v) is 3.42. The van der Waals surface area contributed by atoms with Crippen molar-refractivity contribution in [3.05, 3.63) is 34.2 Å². The first kappa shape index (κ1) is 18.4. The lowest BCUT2D eigenvalue weighted by Gasteiger charge is -2.20. The van der Waals surface area contributed by atoms with E-state index in [-0.39, 0.29) is 12.5 Å². The van der Waals surface area contributed by atoms with Gasteiger partial charge in [0.25, 0.3) is 0 Å². The first-order chi connectivity index (χ1) is 11.6. The van der Waals surface area contributed by atoms with E-state index in [0.29, 0.717) is 6.54 Å². The molecule has 0 radical (unpaired) electrons. The van der Waals surface area contributed by atoms with Gasteiger partial charge >= 0.3 is 5.97 Å². The average Bonchev–Trinajstić information content (AvgIpc) is 2.59. The summed E-state index contributed by atoms with van der Waals surface area (Å²) in [6, 6.07) is 5.99. The molecule has 1 aliphatic carbocycles. The van der Waals surface area contributed by atoms with Crippen molar-refractivity contribution < 1.29 is 19.4 Å². The quantitative estimate of drug-likeness (QED) is 0.512. The molecule has 0 aromatic heterocycles. The Labute approximate surface area is 143 Å². The summed E-state index contributed by atoms with van der Waals surface area (Å²) in [5.41, 5.74) is 2.39. The second-order valence-corrected chi connectivity index (χ2v) is 6.52. The Morgan fingerprint density at radius 3 is 2.75 bits per heavy atom. The van der Waals surface area contributed by atoms with E-state index < -0.39 is 5.97 Å². The zero-order valence-corrected chi connectivity index (χ0v) is 14.5. The molecule has 0 spiro atoms. The number of aryl methyl sites for hydroxylation is 1. The maximum Gasteiger partial charge on any atom is 0.303 e. The van der Waals surface area contributed by atoms with Crippen LogP contribution >= 0.6 is 0 Å². The third-order valence-corrected chi connectivity index (χ3v) is 4.75. The van der Waals surface area contributed by atoms with Crippen molar-refractivity contribution in [2.75, 3.05) is 13.7 Å². The predicted octanol–water partition coefficient (Wildman–Crippen LogP) is 4.28. The van der Waals surface area contributed by atoms with E-state index in [2.05, 4.69) is 6.07 Å². The van der Waals surface area contributed by atoms with Crippen LogP contribution in [0.25, 0.3) is 0 Å². The minimum atomic E-state index is -0.728. The molecule has 1 N–H and O–H groups in total. The Hall–Kier alpha value is -1.91. The van der Waals surface area contributed by atoms with Crippen molar-refractivity contribution in [1.82, 2.24) is 0 Å². The van der Waals surface area contributed by atoms with Gasteiger partial charge < -0.3 is 9.84 Å². The highest BCUT2D eigenvalue weighted by atomic mass is 16.5. The summed E-state index contributed by atoms with van der Waals surface area (Å²) in [6.07, 6.45) is 7.74. The second-order valence-electron chi connectivity index (χ2n) is 6.52. The smallest absolute Gasteiger partial charge is 0.303 e. The highest BCUT2D eigenvalue weighted by Gasteiger charge is 2.31. The lowest BCUT2D eigenvalue weighted by molar-refractivity contribution is -0.594. The lowest BCUT2D eigenvalue weighted by atomic mass is 9.87. The van der Waals surface area contributed by atoms with Gasteiger partial charge in [0.05, 0.1) is 7.11 Å². The Morgan fingerprint density at radius 2 is 2.00 bits per heavy atom. The van der Waals surface area contributed by atoms with Crippen LogP contribution in [0.4, 0.5) is 0 Å². The van der Waals surface area contributed by atoms with E-state index in [9.17, 15) is 9.70 Å². The molecule has 0 fully saturated rings. The molecule has 1 aliphatic rings.